The Labute approximate surface area is 146 Å². The van der Waals surface area contributed by atoms with E-state index < -0.39 is 0 Å². The van der Waals surface area contributed by atoms with E-state index in [-0.39, 0.29) is 24.1 Å². The number of rotatable bonds is 5. The molecule has 1 heterocycles. The number of amides is 1. The van der Waals surface area contributed by atoms with E-state index >= 15 is 0 Å². The molecule has 4 nitrogen and oxygen atoms in total. The molecule has 0 bridgehead atoms. The molecule has 0 aliphatic carbocycles. The number of hydrogen-bond donors (Lipinski definition) is 1. The Morgan fingerprint density at radius 2 is 1.86 bits per heavy atom. The third kappa shape index (κ3) is 6.16. The van der Waals surface area contributed by atoms with E-state index in [4.69, 9.17) is 11.6 Å². The number of carbonyl (C=O) groups is 2. The van der Waals surface area contributed by atoms with Crippen molar-refractivity contribution in [1.82, 2.24) is 10.2 Å². The maximum absolute atomic E-state index is 12.1. The van der Waals surface area contributed by atoms with Gasteiger partial charge in [0.25, 0.3) is 0 Å². The molecule has 22 heavy (non-hydrogen) atoms. The predicted octanol–water partition coefficient (Wildman–Crippen LogP) is 2.50. The number of ketones is 1. The van der Waals surface area contributed by atoms with Crippen molar-refractivity contribution in [3.05, 3.63) is 34.9 Å². The van der Waals surface area contributed by atoms with Gasteiger partial charge in [0.2, 0.25) is 5.91 Å². The minimum absolute atomic E-state index is 0. The van der Waals surface area contributed by atoms with Crippen LogP contribution in [0.15, 0.2) is 24.3 Å². The number of benzene rings is 1. The third-order valence-electron chi connectivity index (χ3n) is 3.32. The highest BCUT2D eigenvalue weighted by Gasteiger charge is 2.15. The summed E-state index contributed by atoms with van der Waals surface area (Å²) >= 11 is 7.16. The molecular weight excluding hydrogens is 343 g/mol. The van der Waals surface area contributed by atoms with Crippen molar-refractivity contribution in [2.45, 2.75) is 6.42 Å². The maximum Gasteiger partial charge on any atom is 0.232 e. The lowest BCUT2D eigenvalue weighted by atomic mass is 10.1. The lowest BCUT2D eigenvalue weighted by Crippen LogP contribution is -2.35. The smallest absolute Gasteiger partial charge is 0.232 e. The molecule has 2 rings (SSSR count). The first-order chi connectivity index (χ1) is 10.2. The highest BCUT2D eigenvalue weighted by Crippen LogP contribution is 2.13. The third-order valence-corrected chi connectivity index (χ3v) is 4.49. The standard InChI is InChI=1S/C15H19ClN2O2S.ClH/c16-13-4-2-12(3-5-13)14(19)10-21-11-15(20)18-8-1-6-17-7-9-18;/h2-5,17H,1,6-11H2;1H. The van der Waals surface area contributed by atoms with Gasteiger partial charge in [0.15, 0.2) is 5.78 Å². The van der Waals surface area contributed by atoms with Gasteiger partial charge in [-0.1, -0.05) is 11.6 Å². The first-order valence-electron chi connectivity index (χ1n) is 7.02. The summed E-state index contributed by atoms with van der Waals surface area (Å²) in [5.41, 5.74) is 0.637. The van der Waals surface area contributed by atoms with Gasteiger partial charge >= 0.3 is 0 Å². The average molecular weight is 363 g/mol. The molecule has 7 heteroatoms. The summed E-state index contributed by atoms with van der Waals surface area (Å²) in [6.07, 6.45) is 0.986. The summed E-state index contributed by atoms with van der Waals surface area (Å²) in [4.78, 5) is 25.9. The topological polar surface area (TPSA) is 49.4 Å². The molecule has 1 aliphatic heterocycles. The molecule has 0 saturated carbocycles. The van der Waals surface area contributed by atoms with Crippen LogP contribution in [0.3, 0.4) is 0 Å². The number of carbonyl (C=O) groups excluding carboxylic acids is 2. The van der Waals surface area contributed by atoms with E-state index in [2.05, 4.69) is 5.32 Å². The number of nitrogens with zero attached hydrogens (tertiary/aromatic N) is 1. The summed E-state index contributed by atoms with van der Waals surface area (Å²) in [6.45, 7) is 3.37. The van der Waals surface area contributed by atoms with Crippen molar-refractivity contribution < 1.29 is 9.59 Å². The van der Waals surface area contributed by atoms with Crippen molar-refractivity contribution in [2.75, 3.05) is 37.7 Å². The first kappa shape index (κ1) is 19.3. The van der Waals surface area contributed by atoms with Crippen LogP contribution in [-0.4, -0.2) is 54.3 Å². The van der Waals surface area contributed by atoms with E-state index in [0.29, 0.717) is 22.1 Å². The normalized spacial score (nSPS) is 14.9. The number of Topliss-reactive ketones (excluding diaryl/α,β-unsaturated/α-hetero) is 1. The minimum atomic E-state index is 0. The molecule has 1 amide bonds. The first-order valence-corrected chi connectivity index (χ1v) is 8.55. The molecule has 0 unspecified atom stereocenters. The molecule has 0 aromatic heterocycles. The van der Waals surface area contributed by atoms with Gasteiger partial charge in [-0.15, -0.1) is 24.2 Å². The van der Waals surface area contributed by atoms with Crippen LogP contribution in [0.1, 0.15) is 16.8 Å². The van der Waals surface area contributed by atoms with Crippen molar-refractivity contribution in [3.63, 3.8) is 0 Å². The molecule has 1 aliphatic rings. The monoisotopic (exact) mass is 362 g/mol. The van der Waals surface area contributed by atoms with Crippen molar-refractivity contribution >= 4 is 47.5 Å². The molecule has 1 fully saturated rings. The van der Waals surface area contributed by atoms with Crippen LogP contribution >= 0.6 is 35.8 Å². The van der Waals surface area contributed by atoms with Gasteiger partial charge in [0.05, 0.1) is 11.5 Å². The highest BCUT2D eigenvalue weighted by atomic mass is 35.5. The van der Waals surface area contributed by atoms with Gasteiger partial charge < -0.3 is 10.2 Å². The van der Waals surface area contributed by atoms with Gasteiger partial charge in [0, 0.05) is 30.2 Å². The average Bonchev–Trinajstić information content (AvgIpc) is 2.77. The van der Waals surface area contributed by atoms with Crippen molar-refractivity contribution in [1.29, 1.82) is 0 Å². The Morgan fingerprint density at radius 3 is 2.59 bits per heavy atom. The molecular formula is C15H20Cl2N2O2S. The van der Waals surface area contributed by atoms with Gasteiger partial charge in [-0.3, -0.25) is 9.59 Å². The maximum atomic E-state index is 12.1. The van der Waals surface area contributed by atoms with Crippen LogP contribution in [0.25, 0.3) is 0 Å². The second kappa shape index (κ2) is 10.1. The van der Waals surface area contributed by atoms with E-state index in [1.165, 1.54) is 11.8 Å². The Balaban J connectivity index is 0.00000242. The summed E-state index contributed by atoms with van der Waals surface area (Å²) < 4.78 is 0. The zero-order chi connectivity index (χ0) is 15.1. The van der Waals surface area contributed by atoms with E-state index in [1.54, 1.807) is 24.3 Å². The van der Waals surface area contributed by atoms with E-state index in [9.17, 15) is 9.59 Å². The molecule has 0 atom stereocenters. The molecule has 0 spiro atoms. The number of hydrogen-bond acceptors (Lipinski definition) is 4. The largest absolute Gasteiger partial charge is 0.341 e. The number of nitrogens with one attached hydrogen (secondary N) is 1. The minimum Gasteiger partial charge on any atom is -0.341 e. The SMILES string of the molecule is Cl.O=C(CSCC(=O)N1CCCNCC1)c1ccc(Cl)cc1. The van der Waals surface area contributed by atoms with Gasteiger partial charge in [0.1, 0.15) is 0 Å². The van der Waals surface area contributed by atoms with E-state index in [0.717, 1.165) is 32.6 Å². The van der Waals surface area contributed by atoms with E-state index in [1.807, 2.05) is 4.90 Å². The highest BCUT2D eigenvalue weighted by molar-refractivity contribution is 8.00. The Morgan fingerprint density at radius 1 is 1.14 bits per heavy atom. The van der Waals surface area contributed by atoms with Crippen molar-refractivity contribution in [2.24, 2.45) is 0 Å². The zero-order valence-corrected chi connectivity index (χ0v) is 14.6. The number of halogens is 2. The molecule has 1 saturated heterocycles. The Bertz CT molecular complexity index is 489. The van der Waals surface area contributed by atoms with Crippen LogP contribution in [0.2, 0.25) is 5.02 Å². The van der Waals surface area contributed by atoms with Crippen molar-refractivity contribution in [3.8, 4) is 0 Å². The summed E-state index contributed by atoms with van der Waals surface area (Å²) in [7, 11) is 0. The fraction of sp³-hybridized carbons (Fsp3) is 0.467. The zero-order valence-electron chi connectivity index (χ0n) is 12.2. The molecule has 1 N–H and O–H groups in total. The fourth-order valence-electron chi connectivity index (χ4n) is 2.14. The lowest BCUT2D eigenvalue weighted by molar-refractivity contribution is -0.128. The van der Waals surface area contributed by atoms with Crippen LogP contribution < -0.4 is 5.32 Å². The van der Waals surface area contributed by atoms with Crippen LogP contribution in [0.5, 0.6) is 0 Å². The fourth-order valence-corrected chi connectivity index (χ4v) is 3.07. The molecule has 1 aromatic carbocycles. The summed E-state index contributed by atoms with van der Waals surface area (Å²) in [5, 5.41) is 3.88. The van der Waals surface area contributed by atoms with Gasteiger partial charge in [-0.2, -0.15) is 0 Å². The number of thioether (sulfide) groups is 1. The quantitative estimate of drug-likeness (QED) is 0.817. The Hall–Kier alpha value is -0.750. The second-order valence-corrected chi connectivity index (χ2v) is 6.33. The molecule has 1 aromatic rings. The predicted molar refractivity (Wildman–Crippen MR) is 94.4 cm³/mol. The lowest BCUT2D eigenvalue weighted by Gasteiger charge is -2.19. The van der Waals surface area contributed by atoms with Gasteiger partial charge in [-0.05, 0) is 37.2 Å². The molecule has 0 radical (unpaired) electrons. The summed E-state index contributed by atoms with van der Waals surface area (Å²) in [5.74, 6) is 0.827. The van der Waals surface area contributed by atoms with Crippen LogP contribution in [0, 0.1) is 0 Å². The van der Waals surface area contributed by atoms with Crippen LogP contribution in [0.4, 0.5) is 0 Å². The van der Waals surface area contributed by atoms with Crippen LogP contribution in [-0.2, 0) is 4.79 Å². The second-order valence-electron chi connectivity index (χ2n) is 4.91. The molecule has 122 valence electrons. The van der Waals surface area contributed by atoms with Gasteiger partial charge in [-0.25, -0.2) is 0 Å². The summed E-state index contributed by atoms with van der Waals surface area (Å²) in [6, 6.07) is 6.84. The Kier molecular flexibility index (Phi) is 8.86.